The highest BCUT2D eigenvalue weighted by Gasteiger charge is 2.44. The van der Waals surface area contributed by atoms with Crippen LogP contribution in [0.15, 0.2) is 42.5 Å². The Balaban J connectivity index is 2.01. The maximum absolute atomic E-state index is 12.7. The Bertz CT molecular complexity index is 904. The molecule has 1 aliphatic carbocycles. The molecule has 2 aromatic rings. The van der Waals surface area contributed by atoms with Gasteiger partial charge in [-0.3, -0.25) is 19.2 Å². The SMILES string of the molecule is O=C(O)CNC(=O)C1C(=O)c2cccc(-c3ccc(Cl)cc3)c2C1=O. The van der Waals surface area contributed by atoms with Crippen LogP contribution in [-0.2, 0) is 9.59 Å². The fourth-order valence-corrected chi connectivity index (χ4v) is 2.94. The fourth-order valence-electron chi connectivity index (χ4n) is 2.81. The van der Waals surface area contributed by atoms with Crippen LogP contribution in [0.2, 0.25) is 5.02 Å². The van der Waals surface area contributed by atoms with Gasteiger partial charge in [-0.05, 0) is 23.3 Å². The van der Waals surface area contributed by atoms with Crippen LogP contribution in [0.1, 0.15) is 20.7 Å². The molecule has 0 aliphatic heterocycles. The predicted molar refractivity (Wildman–Crippen MR) is 89.7 cm³/mol. The first-order chi connectivity index (χ1) is 11.9. The zero-order chi connectivity index (χ0) is 18.1. The molecule has 0 spiro atoms. The van der Waals surface area contributed by atoms with Crippen molar-refractivity contribution in [3.63, 3.8) is 0 Å². The first kappa shape index (κ1) is 16.9. The van der Waals surface area contributed by atoms with E-state index in [2.05, 4.69) is 5.32 Å². The van der Waals surface area contributed by atoms with E-state index in [4.69, 9.17) is 16.7 Å². The number of hydrogen-bond acceptors (Lipinski definition) is 4. The minimum Gasteiger partial charge on any atom is -0.480 e. The monoisotopic (exact) mass is 357 g/mol. The van der Waals surface area contributed by atoms with Gasteiger partial charge in [-0.25, -0.2) is 0 Å². The number of carbonyl (C=O) groups excluding carboxylic acids is 3. The molecule has 7 heteroatoms. The minimum atomic E-state index is -1.55. The predicted octanol–water partition coefficient (Wildman–Crippen LogP) is 2.20. The number of carbonyl (C=O) groups is 4. The molecular formula is C18H12ClNO5. The van der Waals surface area contributed by atoms with Gasteiger partial charge >= 0.3 is 5.97 Å². The number of Topliss-reactive ketones (excluding diaryl/α,β-unsaturated/α-hetero) is 2. The van der Waals surface area contributed by atoms with Crippen molar-refractivity contribution in [1.29, 1.82) is 0 Å². The molecule has 3 rings (SSSR count). The Morgan fingerprint density at radius 3 is 2.28 bits per heavy atom. The lowest BCUT2D eigenvalue weighted by Gasteiger charge is -2.08. The Kier molecular flexibility index (Phi) is 4.37. The standard InChI is InChI=1S/C18H12ClNO5/c19-10-6-4-9(5-7-10)11-2-1-3-12-14(11)17(24)15(16(12)23)18(25)20-8-13(21)22/h1-7,15H,8H2,(H,20,25)(H,21,22). The van der Waals surface area contributed by atoms with Crippen molar-refractivity contribution in [2.45, 2.75) is 0 Å². The molecule has 0 heterocycles. The Labute approximate surface area is 147 Å². The van der Waals surface area contributed by atoms with Crippen LogP contribution in [0.25, 0.3) is 11.1 Å². The maximum Gasteiger partial charge on any atom is 0.322 e. The van der Waals surface area contributed by atoms with Crippen molar-refractivity contribution in [3.8, 4) is 11.1 Å². The summed E-state index contributed by atoms with van der Waals surface area (Å²) in [5, 5.41) is 11.3. The molecule has 0 saturated heterocycles. The van der Waals surface area contributed by atoms with Crippen LogP contribution in [-0.4, -0.2) is 35.1 Å². The highest BCUT2D eigenvalue weighted by atomic mass is 35.5. The lowest BCUT2D eigenvalue weighted by atomic mass is 9.96. The van der Waals surface area contributed by atoms with Crippen LogP contribution in [0.5, 0.6) is 0 Å². The summed E-state index contributed by atoms with van der Waals surface area (Å²) >= 11 is 5.87. The third-order valence-corrected chi connectivity index (χ3v) is 4.18. The quantitative estimate of drug-likeness (QED) is 0.817. The molecule has 0 saturated carbocycles. The number of benzene rings is 2. The van der Waals surface area contributed by atoms with E-state index < -0.39 is 35.9 Å². The van der Waals surface area contributed by atoms with Crippen molar-refractivity contribution in [1.82, 2.24) is 5.32 Å². The highest BCUT2D eigenvalue weighted by molar-refractivity contribution is 6.36. The second-order valence-corrected chi connectivity index (χ2v) is 5.94. The first-order valence-electron chi connectivity index (χ1n) is 7.37. The molecule has 1 unspecified atom stereocenters. The smallest absolute Gasteiger partial charge is 0.322 e. The molecule has 25 heavy (non-hydrogen) atoms. The molecule has 2 N–H and O–H groups in total. The van der Waals surface area contributed by atoms with Crippen molar-refractivity contribution in [2.24, 2.45) is 5.92 Å². The van der Waals surface area contributed by atoms with Gasteiger partial charge in [-0.15, -0.1) is 0 Å². The van der Waals surface area contributed by atoms with Gasteiger partial charge in [0.2, 0.25) is 5.91 Å². The van der Waals surface area contributed by atoms with Crippen molar-refractivity contribution >= 4 is 35.0 Å². The summed E-state index contributed by atoms with van der Waals surface area (Å²) in [6.07, 6.45) is 0. The summed E-state index contributed by atoms with van der Waals surface area (Å²) in [5.74, 6) is -4.98. The number of ketones is 2. The van der Waals surface area contributed by atoms with E-state index in [-0.39, 0.29) is 11.1 Å². The van der Waals surface area contributed by atoms with Crippen LogP contribution < -0.4 is 5.32 Å². The van der Waals surface area contributed by atoms with Crippen LogP contribution >= 0.6 is 11.6 Å². The van der Waals surface area contributed by atoms with Crippen LogP contribution in [0.4, 0.5) is 0 Å². The summed E-state index contributed by atoms with van der Waals surface area (Å²) in [6, 6.07) is 11.6. The zero-order valence-corrected chi connectivity index (χ0v) is 13.5. The van der Waals surface area contributed by atoms with Gasteiger partial charge in [0.1, 0.15) is 6.54 Å². The summed E-state index contributed by atoms with van der Waals surface area (Å²) in [6.45, 7) is -0.656. The largest absolute Gasteiger partial charge is 0.480 e. The number of carboxylic acid groups (broad SMARTS) is 1. The van der Waals surface area contributed by atoms with Gasteiger partial charge in [0.05, 0.1) is 0 Å². The molecule has 2 aromatic carbocycles. The minimum absolute atomic E-state index is 0.160. The van der Waals surface area contributed by atoms with Gasteiger partial charge in [0.15, 0.2) is 17.5 Å². The zero-order valence-electron chi connectivity index (χ0n) is 12.8. The van der Waals surface area contributed by atoms with E-state index in [1.807, 2.05) is 0 Å². The maximum atomic E-state index is 12.7. The summed E-state index contributed by atoms with van der Waals surface area (Å²) in [4.78, 5) is 47.8. The van der Waals surface area contributed by atoms with Gasteiger partial charge < -0.3 is 10.4 Å². The highest BCUT2D eigenvalue weighted by Crippen LogP contribution is 2.35. The third kappa shape index (κ3) is 3.04. The van der Waals surface area contributed by atoms with Gasteiger partial charge in [0, 0.05) is 16.1 Å². The molecule has 0 radical (unpaired) electrons. The van der Waals surface area contributed by atoms with Crippen LogP contribution in [0, 0.1) is 5.92 Å². The number of fused-ring (bicyclic) bond motifs is 1. The van der Waals surface area contributed by atoms with E-state index in [1.165, 1.54) is 6.07 Å². The number of halogens is 1. The van der Waals surface area contributed by atoms with E-state index in [1.54, 1.807) is 36.4 Å². The number of aliphatic carboxylic acids is 1. The second kappa shape index (κ2) is 6.49. The number of amides is 1. The lowest BCUT2D eigenvalue weighted by molar-refractivity contribution is -0.138. The summed E-state index contributed by atoms with van der Waals surface area (Å²) < 4.78 is 0. The molecule has 1 atom stereocenters. The number of hydrogen-bond donors (Lipinski definition) is 2. The van der Waals surface area contributed by atoms with E-state index >= 15 is 0 Å². The molecule has 1 amide bonds. The molecule has 6 nitrogen and oxygen atoms in total. The second-order valence-electron chi connectivity index (χ2n) is 5.51. The Morgan fingerprint density at radius 2 is 1.64 bits per heavy atom. The first-order valence-corrected chi connectivity index (χ1v) is 7.75. The van der Waals surface area contributed by atoms with Gasteiger partial charge in [0.25, 0.3) is 0 Å². The molecule has 0 bridgehead atoms. The molecule has 0 fully saturated rings. The molecule has 1 aliphatic rings. The normalized spacial score (nSPS) is 15.8. The summed E-state index contributed by atoms with van der Waals surface area (Å²) in [7, 11) is 0. The topological polar surface area (TPSA) is 101 Å². The van der Waals surface area contributed by atoms with Crippen LogP contribution in [0.3, 0.4) is 0 Å². The van der Waals surface area contributed by atoms with Crippen molar-refractivity contribution < 1.29 is 24.3 Å². The Hall–Kier alpha value is -2.99. The molecule has 126 valence electrons. The Morgan fingerprint density at radius 1 is 1.00 bits per heavy atom. The lowest BCUT2D eigenvalue weighted by Crippen LogP contribution is -2.39. The van der Waals surface area contributed by atoms with Gasteiger partial charge in [-0.1, -0.05) is 41.9 Å². The number of carboxylic acids is 1. The molecule has 0 aromatic heterocycles. The van der Waals surface area contributed by atoms with Gasteiger partial charge in [-0.2, -0.15) is 0 Å². The van der Waals surface area contributed by atoms with E-state index in [0.29, 0.717) is 16.1 Å². The number of rotatable bonds is 4. The van der Waals surface area contributed by atoms with E-state index in [9.17, 15) is 19.2 Å². The van der Waals surface area contributed by atoms with Crippen molar-refractivity contribution in [3.05, 3.63) is 58.6 Å². The van der Waals surface area contributed by atoms with Crippen molar-refractivity contribution in [2.75, 3.05) is 6.54 Å². The average molecular weight is 358 g/mol. The fraction of sp³-hybridized carbons (Fsp3) is 0.111. The molecular weight excluding hydrogens is 346 g/mol. The third-order valence-electron chi connectivity index (χ3n) is 3.93. The summed E-state index contributed by atoms with van der Waals surface area (Å²) in [5.41, 5.74) is 1.55. The number of nitrogens with one attached hydrogen (secondary N) is 1. The average Bonchev–Trinajstić information content (AvgIpc) is 2.85. The van der Waals surface area contributed by atoms with E-state index in [0.717, 1.165) is 0 Å².